The molecule has 0 radical (unpaired) electrons. The van der Waals surface area contributed by atoms with E-state index in [2.05, 4.69) is 0 Å². The Morgan fingerprint density at radius 3 is 2.57 bits per heavy atom. The standard InChI is InChI=1S/C25H34O10/c1-10-6-13(26)19(29)23(5)12(10)7-14-24-9-33-25(32,21(23)24)18(28)11(2)16(24)17(20(30)34-14)35-15(27)8-22(3,4)31/h6,11-12,14,16-19,21,28-29,31-32H,7-9H2,1-5H3/t11-,12+,14-,16-,17-,18-,19+,21-,23-,24+,25+/m1/s1. The molecular weight excluding hydrogens is 460 g/mol. The lowest BCUT2D eigenvalue weighted by atomic mass is 9.38. The Bertz CT molecular complexity index is 1010. The molecule has 10 nitrogen and oxygen atoms in total. The van der Waals surface area contributed by atoms with Crippen molar-refractivity contribution in [2.75, 3.05) is 6.61 Å². The number of rotatable bonds is 3. The van der Waals surface area contributed by atoms with Crippen molar-refractivity contribution in [2.45, 2.75) is 83.3 Å². The Hall–Kier alpha value is -1.85. The molecule has 5 aliphatic rings. The van der Waals surface area contributed by atoms with Crippen LogP contribution in [0.2, 0.25) is 0 Å². The molecule has 10 heteroatoms. The van der Waals surface area contributed by atoms with Crippen LogP contribution in [0.25, 0.3) is 0 Å². The lowest BCUT2D eigenvalue weighted by molar-refractivity contribution is -0.340. The van der Waals surface area contributed by atoms with Crippen molar-refractivity contribution in [3.63, 3.8) is 0 Å². The molecule has 0 aromatic heterocycles. The first kappa shape index (κ1) is 24.8. The van der Waals surface area contributed by atoms with Crippen LogP contribution in [0, 0.1) is 34.5 Å². The van der Waals surface area contributed by atoms with Crippen molar-refractivity contribution >= 4 is 17.7 Å². The third-order valence-corrected chi connectivity index (χ3v) is 9.47. The second kappa shape index (κ2) is 7.35. The molecule has 4 N–H and O–H groups in total. The van der Waals surface area contributed by atoms with Crippen LogP contribution in [0.3, 0.4) is 0 Å². The molecule has 2 saturated heterocycles. The highest BCUT2D eigenvalue weighted by molar-refractivity contribution is 5.96. The quantitative estimate of drug-likeness (QED) is 0.389. The summed E-state index contributed by atoms with van der Waals surface area (Å²) in [6.07, 6.45) is -3.81. The minimum atomic E-state index is -2.11. The van der Waals surface area contributed by atoms with E-state index in [4.69, 9.17) is 14.2 Å². The molecule has 35 heavy (non-hydrogen) atoms. The molecule has 2 bridgehead atoms. The zero-order valence-electron chi connectivity index (χ0n) is 20.6. The minimum Gasteiger partial charge on any atom is -0.459 e. The molecule has 2 aliphatic heterocycles. The molecule has 3 aliphatic carbocycles. The van der Waals surface area contributed by atoms with Gasteiger partial charge in [-0.2, -0.15) is 0 Å². The number of carbonyl (C=O) groups is 3. The van der Waals surface area contributed by atoms with Crippen LogP contribution in [-0.4, -0.2) is 80.6 Å². The molecule has 0 amide bonds. The molecular formula is C25H34O10. The number of ether oxygens (including phenoxy) is 3. The number of aliphatic hydroxyl groups excluding tert-OH is 2. The third kappa shape index (κ3) is 3.03. The monoisotopic (exact) mass is 494 g/mol. The van der Waals surface area contributed by atoms with Gasteiger partial charge in [0.1, 0.15) is 18.3 Å². The van der Waals surface area contributed by atoms with Gasteiger partial charge in [-0.3, -0.25) is 9.59 Å². The second-order valence-corrected chi connectivity index (χ2v) is 12.1. The third-order valence-electron chi connectivity index (χ3n) is 9.47. The fourth-order valence-corrected chi connectivity index (χ4v) is 8.27. The summed E-state index contributed by atoms with van der Waals surface area (Å²) in [5.41, 5.74) is -3.02. The highest BCUT2D eigenvalue weighted by Gasteiger charge is 2.83. The number of esters is 2. The van der Waals surface area contributed by atoms with Crippen molar-refractivity contribution in [3.05, 3.63) is 11.6 Å². The van der Waals surface area contributed by atoms with Crippen LogP contribution >= 0.6 is 0 Å². The highest BCUT2D eigenvalue weighted by atomic mass is 16.7. The smallest absolute Gasteiger partial charge is 0.348 e. The largest absolute Gasteiger partial charge is 0.459 e. The van der Waals surface area contributed by atoms with Crippen LogP contribution in [0.5, 0.6) is 0 Å². The van der Waals surface area contributed by atoms with Gasteiger partial charge >= 0.3 is 11.9 Å². The SMILES string of the molecule is CC1=CC(=O)[C@H](O)[C@]2(C)[C@H]3[C@@]4(O)OC[C@]35[C@H]([C@@H](C)[C@H]4O)[C@@H](OC(=O)CC(C)(C)O)C(=O)O[C@@H]5C[C@@H]12. The van der Waals surface area contributed by atoms with Crippen LogP contribution in [-0.2, 0) is 28.6 Å². The fraction of sp³-hybridized carbons (Fsp3) is 0.800. The molecule has 194 valence electrons. The number of hydrogen-bond acceptors (Lipinski definition) is 10. The zero-order chi connectivity index (χ0) is 25.9. The fourth-order valence-electron chi connectivity index (χ4n) is 8.27. The van der Waals surface area contributed by atoms with E-state index in [9.17, 15) is 34.8 Å². The van der Waals surface area contributed by atoms with E-state index in [1.54, 1.807) is 20.8 Å². The van der Waals surface area contributed by atoms with Crippen LogP contribution in [0.15, 0.2) is 11.6 Å². The van der Waals surface area contributed by atoms with E-state index in [1.165, 1.54) is 19.9 Å². The molecule has 1 spiro atoms. The summed E-state index contributed by atoms with van der Waals surface area (Å²) in [5.74, 6) is -7.14. The van der Waals surface area contributed by atoms with Crippen LogP contribution in [0.1, 0.15) is 47.5 Å². The Kier molecular flexibility index (Phi) is 5.21. The molecule has 2 heterocycles. The Labute approximate surface area is 203 Å². The maximum Gasteiger partial charge on any atom is 0.348 e. The van der Waals surface area contributed by atoms with Gasteiger partial charge in [-0.05, 0) is 45.1 Å². The zero-order valence-corrected chi connectivity index (χ0v) is 20.6. The second-order valence-electron chi connectivity index (χ2n) is 12.1. The topological polar surface area (TPSA) is 160 Å². The first-order chi connectivity index (χ1) is 16.1. The van der Waals surface area contributed by atoms with Crippen molar-refractivity contribution in [3.8, 4) is 0 Å². The summed E-state index contributed by atoms with van der Waals surface area (Å²) in [4.78, 5) is 38.7. The van der Waals surface area contributed by atoms with E-state index in [-0.39, 0.29) is 19.4 Å². The van der Waals surface area contributed by atoms with Gasteiger partial charge < -0.3 is 34.6 Å². The summed E-state index contributed by atoms with van der Waals surface area (Å²) < 4.78 is 17.4. The Morgan fingerprint density at radius 2 is 1.94 bits per heavy atom. The lowest BCUT2D eigenvalue weighted by Crippen LogP contribution is -2.78. The van der Waals surface area contributed by atoms with Gasteiger partial charge in [0.2, 0.25) is 6.10 Å². The molecule has 2 saturated carbocycles. The van der Waals surface area contributed by atoms with E-state index < -0.39 is 88.0 Å². The summed E-state index contributed by atoms with van der Waals surface area (Å²) >= 11 is 0. The summed E-state index contributed by atoms with van der Waals surface area (Å²) in [6, 6.07) is 0. The van der Waals surface area contributed by atoms with Crippen LogP contribution in [0.4, 0.5) is 0 Å². The number of ketones is 1. The summed E-state index contributed by atoms with van der Waals surface area (Å²) in [5, 5.41) is 44.4. The van der Waals surface area contributed by atoms with Gasteiger partial charge in [0.05, 0.1) is 18.6 Å². The van der Waals surface area contributed by atoms with E-state index in [0.29, 0.717) is 5.57 Å². The van der Waals surface area contributed by atoms with Crippen LogP contribution < -0.4 is 0 Å². The molecule has 0 aromatic carbocycles. The average Bonchev–Trinajstić information content (AvgIpc) is 3.02. The first-order valence-corrected chi connectivity index (χ1v) is 12.2. The number of aliphatic hydroxyl groups is 4. The van der Waals surface area contributed by atoms with Gasteiger partial charge in [0.15, 0.2) is 11.6 Å². The maximum atomic E-state index is 13.2. The number of allylic oxidation sites excluding steroid dienone is 1. The van der Waals surface area contributed by atoms with Crippen molar-refractivity contribution in [1.82, 2.24) is 0 Å². The Morgan fingerprint density at radius 1 is 1.29 bits per heavy atom. The maximum absolute atomic E-state index is 13.2. The van der Waals surface area contributed by atoms with Gasteiger partial charge in [-0.1, -0.05) is 19.4 Å². The molecule has 0 aromatic rings. The van der Waals surface area contributed by atoms with E-state index >= 15 is 0 Å². The van der Waals surface area contributed by atoms with E-state index in [0.717, 1.165) is 0 Å². The predicted molar refractivity (Wildman–Crippen MR) is 117 cm³/mol. The van der Waals surface area contributed by atoms with Crippen molar-refractivity contribution in [2.24, 2.45) is 34.5 Å². The lowest BCUT2D eigenvalue weighted by Gasteiger charge is -2.68. The summed E-state index contributed by atoms with van der Waals surface area (Å²) in [7, 11) is 0. The van der Waals surface area contributed by atoms with Crippen molar-refractivity contribution < 1.29 is 49.0 Å². The van der Waals surface area contributed by atoms with Gasteiger partial charge in [0, 0.05) is 22.7 Å². The van der Waals surface area contributed by atoms with Crippen molar-refractivity contribution in [1.29, 1.82) is 0 Å². The Balaban J connectivity index is 1.66. The van der Waals surface area contributed by atoms with E-state index in [1.807, 2.05) is 0 Å². The summed E-state index contributed by atoms with van der Waals surface area (Å²) in [6.45, 7) is 7.91. The molecule has 4 fully saturated rings. The van der Waals surface area contributed by atoms with Gasteiger partial charge in [0.25, 0.3) is 0 Å². The molecule has 0 unspecified atom stereocenters. The molecule has 5 rings (SSSR count). The minimum absolute atomic E-state index is 0.107. The predicted octanol–water partition coefficient (Wildman–Crippen LogP) is -0.151. The number of fused-ring (bicyclic) bond motifs is 1. The normalized spacial score (nSPS) is 50.6. The van der Waals surface area contributed by atoms with Gasteiger partial charge in [-0.15, -0.1) is 0 Å². The highest BCUT2D eigenvalue weighted by Crippen LogP contribution is 2.73. The average molecular weight is 495 g/mol. The number of hydrogen-bond donors (Lipinski definition) is 4. The number of carbonyl (C=O) groups excluding carboxylic acids is 3. The van der Waals surface area contributed by atoms with Gasteiger partial charge in [-0.25, -0.2) is 4.79 Å². The first-order valence-electron chi connectivity index (χ1n) is 12.2. The molecule has 11 atom stereocenters.